The molecule has 2 rings (SSSR count). The van der Waals surface area contributed by atoms with E-state index in [0.29, 0.717) is 0 Å². The summed E-state index contributed by atoms with van der Waals surface area (Å²) < 4.78 is 0. The van der Waals surface area contributed by atoms with Gasteiger partial charge in [0.25, 0.3) is 0 Å². The fourth-order valence-electron chi connectivity index (χ4n) is 2.60. The summed E-state index contributed by atoms with van der Waals surface area (Å²) in [6.45, 7) is 5.82. The summed E-state index contributed by atoms with van der Waals surface area (Å²) in [5.41, 5.74) is 2.80. The third-order valence-electron chi connectivity index (χ3n) is 3.84. The number of unbranched alkanes of at least 4 members (excludes halogenated alkanes) is 3. The minimum absolute atomic E-state index is 0.817. The van der Waals surface area contributed by atoms with Gasteiger partial charge in [-0.05, 0) is 42.7 Å². The van der Waals surface area contributed by atoms with E-state index in [1.54, 1.807) is 0 Å². The van der Waals surface area contributed by atoms with Crippen LogP contribution in [0.4, 0.5) is 0 Å². The maximum absolute atomic E-state index is 5.93. The normalized spacial score (nSPS) is 16.4. The molecule has 0 saturated heterocycles. The minimum atomic E-state index is 0.817. The Balaban J connectivity index is 1.81. The maximum atomic E-state index is 5.93. The van der Waals surface area contributed by atoms with E-state index < -0.39 is 0 Å². The molecule has 1 aromatic rings. The molecule has 1 aliphatic rings. The van der Waals surface area contributed by atoms with Crippen LogP contribution in [0.25, 0.3) is 5.57 Å². The number of hydrogen-bond donors (Lipinski definition) is 0. The summed E-state index contributed by atoms with van der Waals surface area (Å²) in [7, 11) is 0. The molecule has 0 unspecified atom stereocenters. The summed E-state index contributed by atoms with van der Waals surface area (Å²) in [6.07, 6.45) is 8.96. The molecular weight excluding hydrogens is 254 g/mol. The molecule has 0 fully saturated rings. The first-order valence-corrected chi connectivity index (χ1v) is 7.84. The van der Waals surface area contributed by atoms with E-state index >= 15 is 0 Å². The van der Waals surface area contributed by atoms with Crippen LogP contribution in [-0.4, -0.2) is 24.5 Å². The Morgan fingerprint density at radius 2 is 1.89 bits per heavy atom. The fraction of sp³-hybridized carbons (Fsp3) is 0.529. The lowest BCUT2D eigenvalue weighted by Crippen LogP contribution is -2.29. The van der Waals surface area contributed by atoms with Crippen LogP contribution < -0.4 is 0 Å². The van der Waals surface area contributed by atoms with E-state index in [1.807, 2.05) is 12.1 Å². The topological polar surface area (TPSA) is 3.24 Å². The number of hydrogen-bond acceptors (Lipinski definition) is 1. The van der Waals surface area contributed by atoms with Crippen LogP contribution in [0, 0.1) is 0 Å². The molecule has 1 aliphatic heterocycles. The summed E-state index contributed by atoms with van der Waals surface area (Å²) in [5.74, 6) is 0. The van der Waals surface area contributed by atoms with Gasteiger partial charge in [-0.3, -0.25) is 4.90 Å². The molecule has 2 heteroatoms. The lowest BCUT2D eigenvalue weighted by atomic mass is 9.99. The standard InChI is InChI=1S/C17H24ClN/c1-2-3-4-5-12-19-13-10-16(11-14-19)15-6-8-17(18)9-7-15/h6-10H,2-5,11-14H2,1H3. The van der Waals surface area contributed by atoms with Crippen molar-refractivity contribution < 1.29 is 0 Å². The zero-order valence-corrected chi connectivity index (χ0v) is 12.6. The summed E-state index contributed by atoms with van der Waals surface area (Å²) >= 11 is 5.93. The van der Waals surface area contributed by atoms with E-state index in [1.165, 1.54) is 49.9 Å². The van der Waals surface area contributed by atoms with Crippen molar-refractivity contribution in [3.63, 3.8) is 0 Å². The monoisotopic (exact) mass is 277 g/mol. The molecule has 19 heavy (non-hydrogen) atoms. The van der Waals surface area contributed by atoms with Gasteiger partial charge in [-0.25, -0.2) is 0 Å². The van der Waals surface area contributed by atoms with Crippen LogP contribution in [0.5, 0.6) is 0 Å². The van der Waals surface area contributed by atoms with E-state index in [4.69, 9.17) is 11.6 Å². The molecule has 0 saturated carbocycles. The van der Waals surface area contributed by atoms with Crippen molar-refractivity contribution in [3.05, 3.63) is 40.9 Å². The van der Waals surface area contributed by atoms with Crippen molar-refractivity contribution >= 4 is 17.2 Å². The van der Waals surface area contributed by atoms with Crippen molar-refractivity contribution in [2.24, 2.45) is 0 Å². The summed E-state index contributed by atoms with van der Waals surface area (Å²) in [6, 6.07) is 8.22. The van der Waals surface area contributed by atoms with Crippen LogP contribution in [0.15, 0.2) is 30.3 Å². The third kappa shape index (κ3) is 4.67. The SMILES string of the molecule is CCCCCCN1CC=C(c2ccc(Cl)cc2)CC1. The molecule has 0 amide bonds. The van der Waals surface area contributed by atoms with E-state index in [2.05, 4.69) is 30.0 Å². The molecule has 0 bridgehead atoms. The molecule has 0 atom stereocenters. The largest absolute Gasteiger partial charge is 0.299 e. The molecule has 0 aliphatic carbocycles. The summed E-state index contributed by atoms with van der Waals surface area (Å²) in [4.78, 5) is 2.56. The van der Waals surface area contributed by atoms with Gasteiger partial charge in [0.15, 0.2) is 0 Å². The van der Waals surface area contributed by atoms with E-state index in [-0.39, 0.29) is 0 Å². The quantitative estimate of drug-likeness (QED) is 0.661. The Hall–Kier alpha value is -0.790. The fourth-order valence-corrected chi connectivity index (χ4v) is 2.73. The van der Waals surface area contributed by atoms with Crippen molar-refractivity contribution in [1.82, 2.24) is 4.90 Å². The van der Waals surface area contributed by atoms with Gasteiger partial charge in [-0.1, -0.05) is 56.0 Å². The van der Waals surface area contributed by atoms with Crippen molar-refractivity contribution in [2.45, 2.75) is 39.0 Å². The van der Waals surface area contributed by atoms with E-state index in [0.717, 1.165) is 18.0 Å². The predicted octanol–water partition coefficient (Wildman–Crippen LogP) is 5.01. The number of benzene rings is 1. The Kier molecular flexibility index (Phi) is 5.93. The van der Waals surface area contributed by atoms with Gasteiger partial charge in [0.05, 0.1) is 0 Å². The Labute approximate surface area is 122 Å². The lowest BCUT2D eigenvalue weighted by molar-refractivity contribution is 0.294. The van der Waals surface area contributed by atoms with Crippen molar-refractivity contribution in [3.8, 4) is 0 Å². The smallest absolute Gasteiger partial charge is 0.0406 e. The molecule has 104 valence electrons. The summed E-state index contributed by atoms with van der Waals surface area (Å²) in [5, 5.41) is 0.817. The molecule has 1 aromatic carbocycles. The molecule has 1 nitrogen and oxygen atoms in total. The van der Waals surface area contributed by atoms with Gasteiger partial charge in [0.2, 0.25) is 0 Å². The predicted molar refractivity (Wildman–Crippen MR) is 84.6 cm³/mol. The zero-order valence-electron chi connectivity index (χ0n) is 11.9. The molecule has 0 radical (unpaired) electrons. The zero-order chi connectivity index (χ0) is 13.5. The van der Waals surface area contributed by atoms with E-state index in [9.17, 15) is 0 Å². The van der Waals surface area contributed by atoms with Crippen LogP contribution in [0.2, 0.25) is 5.02 Å². The van der Waals surface area contributed by atoms with Crippen molar-refractivity contribution in [1.29, 1.82) is 0 Å². The van der Waals surface area contributed by atoms with Gasteiger partial charge in [0.1, 0.15) is 0 Å². The van der Waals surface area contributed by atoms with Crippen molar-refractivity contribution in [2.75, 3.05) is 19.6 Å². The van der Waals surface area contributed by atoms with Gasteiger partial charge < -0.3 is 0 Å². The molecule has 1 heterocycles. The Bertz CT molecular complexity index is 408. The first-order valence-electron chi connectivity index (χ1n) is 7.47. The van der Waals surface area contributed by atoms with Gasteiger partial charge in [0, 0.05) is 18.1 Å². The van der Waals surface area contributed by atoms with Gasteiger partial charge in [-0.15, -0.1) is 0 Å². The second-order valence-corrected chi connectivity index (χ2v) is 5.78. The second kappa shape index (κ2) is 7.72. The highest BCUT2D eigenvalue weighted by Crippen LogP contribution is 2.23. The molecule has 0 N–H and O–H groups in total. The minimum Gasteiger partial charge on any atom is -0.299 e. The van der Waals surface area contributed by atoms with Crippen LogP contribution in [-0.2, 0) is 0 Å². The first kappa shape index (κ1) is 14.6. The second-order valence-electron chi connectivity index (χ2n) is 5.35. The molecule has 0 spiro atoms. The van der Waals surface area contributed by atoms with Crippen LogP contribution in [0.3, 0.4) is 0 Å². The maximum Gasteiger partial charge on any atom is 0.0406 e. The Morgan fingerprint density at radius 1 is 1.11 bits per heavy atom. The first-order chi connectivity index (χ1) is 9.29. The number of halogens is 1. The van der Waals surface area contributed by atoms with Crippen LogP contribution in [0.1, 0.15) is 44.6 Å². The lowest BCUT2D eigenvalue weighted by Gasteiger charge is -2.26. The van der Waals surface area contributed by atoms with Gasteiger partial charge in [-0.2, -0.15) is 0 Å². The molecule has 0 aromatic heterocycles. The average Bonchev–Trinajstić information content (AvgIpc) is 2.45. The highest BCUT2D eigenvalue weighted by molar-refractivity contribution is 6.30. The average molecular weight is 278 g/mol. The van der Waals surface area contributed by atoms with Gasteiger partial charge >= 0.3 is 0 Å². The number of nitrogens with zero attached hydrogens (tertiary/aromatic N) is 1. The van der Waals surface area contributed by atoms with Crippen LogP contribution >= 0.6 is 11.6 Å². The number of rotatable bonds is 6. The Morgan fingerprint density at radius 3 is 2.53 bits per heavy atom. The highest BCUT2D eigenvalue weighted by atomic mass is 35.5. The highest BCUT2D eigenvalue weighted by Gasteiger charge is 2.12. The third-order valence-corrected chi connectivity index (χ3v) is 4.09. The molecular formula is C17H24ClN.